The summed E-state index contributed by atoms with van der Waals surface area (Å²) in [5.74, 6) is 0. The zero-order valence-corrected chi connectivity index (χ0v) is 22.9. The van der Waals surface area contributed by atoms with Gasteiger partial charge in [0.15, 0.2) is 11.4 Å². The van der Waals surface area contributed by atoms with E-state index in [-0.39, 0.29) is 0 Å². The number of hydrogen-bond donors (Lipinski definition) is 0. The molecule has 5 aromatic carbocycles. The summed E-state index contributed by atoms with van der Waals surface area (Å²) >= 11 is 0. The van der Waals surface area contributed by atoms with Gasteiger partial charge in [0.25, 0.3) is 0 Å². The molecule has 44 heavy (non-hydrogen) atoms. The Hall–Kier alpha value is -6.93. The molecule has 0 N–H and O–H groups in total. The molecule has 0 amide bonds. The van der Waals surface area contributed by atoms with E-state index in [4.69, 9.17) is 28.1 Å². The van der Waals surface area contributed by atoms with Crippen LogP contribution in [-0.4, -0.2) is 15.0 Å². The standard InChI is InChI=1S/C37H17N7/c1-40-27-16-14-25(15-17-27)35-36(24-12-10-22(20-38)11-13-24)44-37-31(43-35)19-30(41-2)33-32(37)28-8-3-4-9-29(28)42-34(33)26-7-5-6-23(18-26)21-39/h3-19H. The van der Waals surface area contributed by atoms with E-state index in [2.05, 4.69) is 21.8 Å². The molecule has 200 valence electrons. The zero-order valence-electron chi connectivity index (χ0n) is 22.9. The molecule has 0 aliphatic rings. The fraction of sp³-hybridized carbons (Fsp3) is 0. The number of fused-ring (bicyclic) bond motifs is 5. The Morgan fingerprint density at radius 3 is 1.93 bits per heavy atom. The van der Waals surface area contributed by atoms with Crippen LogP contribution in [-0.2, 0) is 0 Å². The maximum Gasteiger partial charge on any atom is 0.199 e. The van der Waals surface area contributed by atoms with E-state index in [1.807, 2.05) is 60.7 Å². The number of nitriles is 2. The van der Waals surface area contributed by atoms with Crippen molar-refractivity contribution in [1.29, 1.82) is 10.5 Å². The van der Waals surface area contributed by atoms with Crippen molar-refractivity contribution in [3.63, 3.8) is 0 Å². The molecule has 7 nitrogen and oxygen atoms in total. The van der Waals surface area contributed by atoms with Gasteiger partial charge in [-0.3, -0.25) is 0 Å². The smallest absolute Gasteiger partial charge is 0.199 e. The summed E-state index contributed by atoms with van der Waals surface area (Å²) in [4.78, 5) is 22.8. The van der Waals surface area contributed by atoms with Crippen molar-refractivity contribution in [2.45, 2.75) is 0 Å². The summed E-state index contributed by atoms with van der Waals surface area (Å²) in [5.41, 5.74) is 7.81. The first-order valence-corrected chi connectivity index (χ1v) is 13.6. The Kier molecular flexibility index (Phi) is 6.19. The molecule has 0 radical (unpaired) electrons. The van der Waals surface area contributed by atoms with Gasteiger partial charge < -0.3 is 0 Å². The Labute approximate surface area is 252 Å². The van der Waals surface area contributed by atoms with Gasteiger partial charge in [0.1, 0.15) is 0 Å². The molecule has 0 unspecified atom stereocenters. The quantitative estimate of drug-likeness (QED) is 0.159. The highest BCUT2D eigenvalue weighted by atomic mass is 14.8. The molecule has 7 aromatic rings. The number of nitrogens with zero attached hydrogens (tertiary/aromatic N) is 7. The van der Waals surface area contributed by atoms with Crippen molar-refractivity contribution < 1.29 is 0 Å². The minimum atomic E-state index is 0.373. The molecule has 0 fully saturated rings. The van der Waals surface area contributed by atoms with E-state index in [1.54, 1.807) is 42.5 Å². The predicted octanol–water partition coefficient (Wildman–Crippen LogP) is 9.18. The van der Waals surface area contributed by atoms with Gasteiger partial charge in [0.2, 0.25) is 0 Å². The van der Waals surface area contributed by atoms with Crippen LogP contribution in [0.15, 0.2) is 103 Å². The Morgan fingerprint density at radius 2 is 1.23 bits per heavy atom. The van der Waals surface area contributed by atoms with E-state index in [0.717, 1.165) is 33.0 Å². The second-order valence-corrected chi connectivity index (χ2v) is 10.1. The van der Waals surface area contributed by atoms with Crippen molar-refractivity contribution >= 4 is 44.1 Å². The Bertz CT molecular complexity index is 2470. The van der Waals surface area contributed by atoms with Gasteiger partial charge in [-0.25, -0.2) is 24.6 Å². The fourth-order valence-corrected chi connectivity index (χ4v) is 5.47. The molecule has 7 heteroatoms. The number of para-hydroxylation sites is 1. The van der Waals surface area contributed by atoms with Gasteiger partial charge in [-0.1, -0.05) is 66.7 Å². The van der Waals surface area contributed by atoms with Gasteiger partial charge in [0.05, 0.1) is 70.0 Å². The molecular weight excluding hydrogens is 542 g/mol. The highest BCUT2D eigenvalue weighted by molar-refractivity contribution is 6.25. The van der Waals surface area contributed by atoms with Crippen molar-refractivity contribution in [2.24, 2.45) is 0 Å². The molecule has 7 rings (SSSR count). The lowest BCUT2D eigenvalue weighted by Crippen LogP contribution is -1.98. The van der Waals surface area contributed by atoms with E-state index in [0.29, 0.717) is 56.0 Å². The maximum absolute atomic E-state index is 9.59. The minimum Gasteiger partial charge on any atom is -0.248 e. The first kappa shape index (κ1) is 26.0. The molecule has 0 spiro atoms. The molecule has 2 aromatic heterocycles. The number of pyridine rings is 1. The Morgan fingerprint density at radius 1 is 0.545 bits per heavy atom. The molecule has 0 bridgehead atoms. The molecule has 0 saturated heterocycles. The predicted molar refractivity (Wildman–Crippen MR) is 171 cm³/mol. The third-order valence-electron chi connectivity index (χ3n) is 7.52. The van der Waals surface area contributed by atoms with Crippen LogP contribution < -0.4 is 0 Å². The van der Waals surface area contributed by atoms with Crippen LogP contribution in [0.4, 0.5) is 11.4 Å². The van der Waals surface area contributed by atoms with Crippen molar-refractivity contribution in [3.8, 4) is 45.9 Å². The number of benzene rings is 5. The van der Waals surface area contributed by atoms with Crippen LogP contribution in [0.2, 0.25) is 0 Å². The molecule has 0 atom stereocenters. The maximum atomic E-state index is 9.59. The number of aromatic nitrogens is 3. The molecule has 0 aliphatic carbocycles. The second-order valence-electron chi connectivity index (χ2n) is 10.1. The first-order chi connectivity index (χ1) is 21.6. The summed E-state index contributed by atoms with van der Waals surface area (Å²) in [6, 6.07) is 35.4. The van der Waals surface area contributed by atoms with Gasteiger partial charge in [-0.05, 0) is 42.0 Å². The topological polar surface area (TPSA) is 95.0 Å². The van der Waals surface area contributed by atoms with Crippen LogP contribution in [0.3, 0.4) is 0 Å². The third-order valence-corrected chi connectivity index (χ3v) is 7.52. The van der Waals surface area contributed by atoms with Crippen LogP contribution in [0.1, 0.15) is 11.1 Å². The van der Waals surface area contributed by atoms with Gasteiger partial charge >= 0.3 is 0 Å². The van der Waals surface area contributed by atoms with E-state index in [1.165, 1.54) is 0 Å². The molecule has 0 aliphatic heterocycles. The molecule has 0 saturated carbocycles. The number of hydrogen-bond acceptors (Lipinski definition) is 5. The zero-order chi connectivity index (χ0) is 30.2. The minimum absolute atomic E-state index is 0.373. The van der Waals surface area contributed by atoms with Crippen molar-refractivity contribution in [2.75, 3.05) is 0 Å². The average molecular weight is 560 g/mol. The largest absolute Gasteiger partial charge is 0.248 e. The second kappa shape index (κ2) is 10.5. The number of rotatable bonds is 3. The van der Waals surface area contributed by atoms with Crippen LogP contribution in [0, 0.1) is 35.8 Å². The summed E-state index contributed by atoms with van der Waals surface area (Å²) in [6.45, 7) is 15.5. The van der Waals surface area contributed by atoms with Crippen molar-refractivity contribution in [3.05, 3.63) is 137 Å². The lowest BCUT2D eigenvalue weighted by atomic mass is 9.95. The van der Waals surface area contributed by atoms with Crippen molar-refractivity contribution in [1.82, 2.24) is 15.0 Å². The SMILES string of the molecule is [C-]#[N+]c1ccc(-c2nc3cc([N+]#[C-])c4c(-c5cccc(C#N)c5)nc5ccccc5c4c3nc2-c2ccc(C#N)cc2)cc1. The van der Waals surface area contributed by atoms with E-state index < -0.39 is 0 Å². The van der Waals surface area contributed by atoms with Crippen LogP contribution in [0.25, 0.3) is 76.2 Å². The molecule has 2 heterocycles. The van der Waals surface area contributed by atoms with Gasteiger partial charge in [-0.15, -0.1) is 0 Å². The first-order valence-electron chi connectivity index (χ1n) is 13.6. The van der Waals surface area contributed by atoms with Gasteiger partial charge in [-0.2, -0.15) is 10.5 Å². The highest BCUT2D eigenvalue weighted by Crippen LogP contribution is 2.43. The molecular formula is C37H17N7. The van der Waals surface area contributed by atoms with Gasteiger partial charge in [0, 0.05) is 27.3 Å². The fourth-order valence-electron chi connectivity index (χ4n) is 5.47. The Balaban J connectivity index is 1.65. The van der Waals surface area contributed by atoms with E-state index >= 15 is 0 Å². The highest BCUT2D eigenvalue weighted by Gasteiger charge is 2.21. The summed E-state index contributed by atoms with van der Waals surface area (Å²) < 4.78 is 0. The third kappa shape index (κ3) is 4.23. The summed E-state index contributed by atoms with van der Waals surface area (Å²) in [5, 5.41) is 21.2. The lowest BCUT2D eigenvalue weighted by molar-refractivity contribution is 1.30. The van der Waals surface area contributed by atoms with Crippen LogP contribution in [0.5, 0.6) is 0 Å². The summed E-state index contributed by atoms with van der Waals surface area (Å²) in [6.07, 6.45) is 0. The van der Waals surface area contributed by atoms with E-state index in [9.17, 15) is 10.5 Å². The normalized spacial score (nSPS) is 10.6. The average Bonchev–Trinajstić information content (AvgIpc) is 3.10. The lowest BCUT2D eigenvalue weighted by Gasteiger charge is -2.16. The van der Waals surface area contributed by atoms with Crippen LogP contribution >= 0.6 is 0 Å². The summed E-state index contributed by atoms with van der Waals surface area (Å²) in [7, 11) is 0. The monoisotopic (exact) mass is 559 g/mol.